The van der Waals surface area contributed by atoms with Crippen LogP contribution in [0.2, 0.25) is 0 Å². The van der Waals surface area contributed by atoms with Crippen LogP contribution in [0.5, 0.6) is 11.5 Å². The summed E-state index contributed by atoms with van der Waals surface area (Å²) in [5.74, 6) is -1.18. The topological polar surface area (TPSA) is 100.0 Å². The van der Waals surface area contributed by atoms with Crippen LogP contribution in [0.4, 0.5) is 0 Å². The number of likely N-dealkylation sites (tertiary alicyclic amines) is 1. The van der Waals surface area contributed by atoms with Crippen molar-refractivity contribution in [1.82, 2.24) is 9.88 Å². The van der Waals surface area contributed by atoms with E-state index in [9.17, 15) is 19.8 Å². The number of halogens is 1. The third-order valence-corrected chi connectivity index (χ3v) is 5.87. The zero-order chi connectivity index (χ0) is 22.8. The van der Waals surface area contributed by atoms with Gasteiger partial charge in [-0.2, -0.15) is 0 Å². The number of phenols is 1. The summed E-state index contributed by atoms with van der Waals surface area (Å²) in [5, 5.41) is 20.8. The molecule has 3 aromatic rings. The molecule has 0 aliphatic carbocycles. The molecule has 1 aromatic heterocycles. The highest BCUT2D eigenvalue weighted by Gasteiger charge is 2.46. The Morgan fingerprint density at radius 3 is 2.53 bits per heavy atom. The van der Waals surface area contributed by atoms with E-state index in [4.69, 9.17) is 4.74 Å². The van der Waals surface area contributed by atoms with Crippen molar-refractivity contribution in [2.75, 3.05) is 7.11 Å². The van der Waals surface area contributed by atoms with Gasteiger partial charge < -0.3 is 19.8 Å². The number of phenolic OH excluding ortho intramolecular Hbond substituents is 1. The maximum atomic E-state index is 13.1. The maximum absolute atomic E-state index is 13.1. The van der Waals surface area contributed by atoms with E-state index in [0.29, 0.717) is 21.3 Å². The van der Waals surface area contributed by atoms with Gasteiger partial charge in [-0.25, -0.2) is 0 Å². The van der Waals surface area contributed by atoms with Gasteiger partial charge in [-0.05, 0) is 63.5 Å². The minimum Gasteiger partial charge on any atom is -0.508 e. The Labute approximate surface area is 192 Å². The molecule has 2 aromatic carbocycles. The van der Waals surface area contributed by atoms with Crippen molar-refractivity contribution in [2.45, 2.75) is 12.6 Å². The van der Waals surface area contributed by atoms with Crippen molar-refractivity contribution in [3.63, 3.8) is 0 Å². The molecule has 0 radical (unpaired) electrons. The number of benzene rings is 2. The van der Waals surface area contributed by atoms with Crippen molar-refractivity contribution in [3.05, 3.63) is 93.7 Å². The molecule has 1 amide bonds. The number of hydrogen-bond acceptors (Lipinski definition) is 6. The Morgan fingerprint density at radius 2 is 1.91 bits per heavy atom. The van der Waals surface area contributed by atoms with Crippen LogP contribution >= 0.6 is 15.9 Å². The lowest BCUT2D eigenvalue weighted by Gasteiger charge is -2.25. The molecule has 7 nitrogen and oxygen atoms in total. The van der Waals surface area contributed by atoms with Crippen LogP contribution in [0.1, 0.15) is 22.7 Å². The monoisotopic (exact) mass is 494 g/mol. The van der Waals surface area contributed by atoms with Gasteiger partial charge in [0, 0.05) is 24.5 Å². The molecule has 1 aliphatic rings. The van der Waals surface area contributed by atoms with E-state index in [1.54, 1.807) is 54.9 Å². The van der Waals surface area contributed by atoms with E-state index < -0.39 is 17.7 Å². The summed E-state index contributed by atoms with van der Waals surface area (Å²) >= 11 is 3.38. The van der Waals surface area contributed by atoms with Gasteiger partial charge in [0.15, 0.2) is 0 Å². The first-order valence-electron chi connectivity index (χ1n) is 9.71. The second-order valence-electron chi connectivity index (χ2n) is 7.23. The number of carbonyl (C=O) groups is 2. The number of aliphatic hydroxyl groups excluding tert-OH is 1. The highest BCUT2D eigenvalue weighted by Crippen LogP contribution is 2.41. The van der Waals surface area contributed by atoms with E-state index in [0.717, 1.165) is 5.56 Å². The Balaban J connectivity index is 1.86. The minimum absolute atomic E-state index is 0.0263. The van der Waals surface area contributed by atoms with Crippen LogP contribution in [0, 0.1) is 0 Å². The number of ether oxygens (including phenoxy) is 1. The number of ketones is 1. The fourth-order valence-corrected chi connectivity index (χ4v) is 4.24. The summed E-state index contributed by atoms with van der Waals surface area (Å²) in [6.07, 6.45) is 3.24. The minimum atomic E-state index is -0.836. The normalized spacial score (nSPS) is 17.6. The standard InChI is InChI=1S/C24H19BrN2O5/c1-32-19-9-6-16(11-18(19)25)22(29)20-21(15-4-7-17(28)8-5-15)27(24(31)23(20)30)13-14-3-2-10-26-12-14/h2-12,21,28-29H,13H2,1H3/b22-20-. The first-order chi connectivity index (χ1) is 15.4. The van der Waals surface area contributed by atoms with Crippen molar-refractivity contribution in [1.29, 1.82) is 0 Å². The first-order valence-corrected chi connectivity index (χ1v) is 10.5. The van der Waals surface area contributed by atoms with Crippen molar-refractivity contribution in [2.24, 2.45) is 0 Å². The molecule has 1 unspecified atom stereocenters. The summed E-state index contributed by atoms with van der Waals surface area (Å²) in [6.45, 7) is 0.132. The molecular weight excluding hydrogens is 476 g/mol. The molecule has 8 heteroatoms. The van der Waals surface area contributed by atoms with Crippen molar-refractivity contribution >= 4 is 33.4 Å². The van der Waals surface area contributed by atoms with Crippen LogP contribution < -0.4 is 4.74 Å². The van der Waals surface area contributed by atoms with Gasteiger partial charge in [0.1, 0.15) is 17.3 Å². The predicted octanol–water partition coefficient (Wildman–Crippen LogP) is 4.18. The van der Waals surface area contributed by atoms with Crippen LogP contribution in [0.3, 0.4) is 0 Å². The lowest BCUT2D eigenvalue weighted by Crippen LogP contribution is -2.29. The van der Waals surface area contributed by atoms with E-state index in [1.165, 1.54) is 24.1 Å². The molecule has 1 aliphatic heterocycles. The highest BCUT2D eigenvalue weighted by molar-refractivity contribution is 9.10. The SMILES string of the molecule is COc1ccc(/C(O)=C2/C(=O)C(=O)N(Cc3cccnc3)C2c2ccc(O)cc2)cc1Br. The largest absolute Gasteiger partial charge is 0.508 e. The molecule has 1 atom stereocenters. The number of amides is 1. The molecule has 0 spiro atoms. The number of aromatic hydroxyl groups is 1. The van der Waals surface area contributed by atoms with E-state index >= 15 is 0 Å². The van der Waals surface area contributed by atoms with Crippen LogP contribution in [0.15, 0.2) is 77.0 Å². The number of aromatic nitrogens is 1. The summed E-state index contributed by atoms with van der Waals surface area (Å²) in [7, 11) is 1.52. The Kier molecular flexibility index (Phi) is 5.96. The van der Waals surface area contributed by atoms with E-state index in [2.05, 4.69) is 20.9 Å². The fraction of sp³-hybridized carbons (Fsp3) is 0.125. The molecule has 2 N–H and O–H groups in total. The lowest BCUT2D eigenvalue weighted by molar-refractivity contribution is -0.140. The van der Waals surface area contributed by atoms with Gasteiger partial charge in [-0.1, -0.05) is 18.2 Å². The molecule has 0 saturated carbocycles. The third-order valence-electron chi connectivity index (χ3n) is 5.25. The van der Waals surface area contributed by atoms with Crippen molar-refractivity contribution in [3.8, 4) is 11.5 Å². The average molecular weight is 495 g/mol. The van der Waals surface area contributed by atoms with Crippen LogP contribution in [-0.2, 0) is 16.1 Å². The number of methoxy groups -OCH3 is 1. The van der Waals surface area contributed by atoms with Gasteiger partial charge in [0.25, 0.3) is 11.7 Å². The number of Topliss-reactive ketones (excluding diaryl/α,β-unsaturated/α-hetero) is 1. The summed E-state index contributed by atoms with van der Waals surface area (Å²) in [4.78, 5) is 31.5. The highest BCUT2D eigenvalue weighted by atomic mass is 79.9. The molecule has 2 heterocycles. The molecule has 4 rings (SSSR count). The number of carbonyl (C=O) groups excluding carboxylic acids is 2. The summed E-state index contributed by atoms with van der Waals surface area (Å²) in [6, 6.07) is 13.8. The third kappa shape index (κ3) is 3.97. The van der Waals surface area contributed by atoms with E-state index in [1.807, 2.05) is 0 Å². The average Bonchev–Trinajstić information content (AvgIpc) is 3.04. The molecule has 1 saturated heterocycles. The molecule has 1 fully saturated rings. The Hall–Kier alpha value is -3.65. The molecule has 162 valence electrons. The Morgan fingerprint density at radius 1 is 1.16 bits per heavy atom. The van der Waals surface area contributed by atoms with Gasteiger partial charge in [0.05, 0.1) is 23.2 Å². The van der Waals surface area contributed by atoms with Gasteiger partial charge in [0.2, 0.25) is 0 Å². The van der Waals surface area contributed by atoms with Gasteiger partial charge in [-0.15, -0.1) is 0 Å². The Bertz CT molecular complexity index is 1210. The van der Waals surface area contributed by atoms with Crippen LogP contribution in [-0.4, -0.2) is 38.9 Å². The zero-order valence-electron chi connectivity index (χ0n) is 17.0. The second kappa shape index (κ2) is 8.84. The number of pyridine rings is 1. The molecule has 32 heavy (non-hydrogen) atoms. The van der Waals surface area contributed by atoms with E-state index in [-0.39, 0.29) is 23.6 Å². The predicted molar refractivity (Wildman–Crippen MR) is 121 cm³/mol. The molecular formula is C24H19BrN2O5. The summed E-state index contributed by atoms with van der Waals surface area (Å²) < 4.78 is 5.82. The smallest absolute Gasteiger partial charge is 0.295 e. The molecule has 0 bridgehead atoms. The quantitative estimate of drug-likeness (QED) is 0.313. The summed E-state index contributed by atoms with van der Waals surface area (Å²) in [5.41, 5.74) is 1.66. The zero-order valence-corrected chi connectivity index (χ0v) is 18.6. The second-order valence-corrected chi connectivity index (χ2v) is 8.08. The van der Waals surface area contributed by atoms with Gasteiger partial charge >= 0.3 is 0 Å². The number of rotatable bonds is 5. The number of hydrogen-bond donors (Lipinski definition) is 2. The first kappa shape index (κ1) is 21.6. The lowest BCUT2D eigenvalue weighted by atomic mass is 9.95. The fourth-order valence-electron chi connectivity index (χ4n) is 3.70. The maximum Gasteiger partial charge on any atom is 0.295 e. The van der Waals surface area contributed by atoms with Crippen LogP contribution in [0.25, 0.3) is 5.76 Å². The number of nitrogens with zero attached hydrogens (tertiary/aromatic N) is 2. The van der Waals surface area contributed by atoms with Crippen molar-refractivity contribution < 1.29 is 24.5 Å². The van der Waals surface area contributed by atoms with Gasteiger partial charge in [-0.3, -0.25) is 14.6 Å². The number of aliphatic hydroxyl groups is 1.